The Balaban J connectivity index is 1.84. The van der Waals surface area contributed by atoms with Gasteiger partial charge < -0.3 is 15.5 Å². The highest BCUT2D eigenvalue weighted by Gasteiger charge is 2.27. The number of hydrogen-bond donors (Lipinski definition) is 3. The average Bonchev–Trinajstić information content (AvgIpc) is 2.38. The Bertz CT molecular complexity index is 669. The van der Waals surface area contributed by atoms with Crippen molar-refractivity contribution in [3.8, 4) is 17.0 Å². The molecule has 1 heterocycles. The van der Waals surface area contributed by atoms with Gasteiger partial charge in [0.15, 0.2) is 0 Å². The topological polar surface area (TPSA) is 91.2 Å². The van der Waals surface area contributed by atoms with Gasteiger partial charge in [0.05, 0.1) is 11.8 Å². The second kappa shape index (κ2) is 5.29. The number of hydrogen-bond acceptors (Lipinski definition) is 6. The molecule has 3 N–H and O–H groups in total. The molecular weight excluding hydrogens is 268 g/mol. The van der Waals surface area contributed by atoms with Crippen LogP contribution in [0.2, 0.25) is 0 Å². The van der Waals surface area contributed by atoms with Crippen molar-refractivity contribution in [1.29, 1.82) is 0 Å². The van der Waals surface area contributed by atoms with Crippen molar-refractivity contribution >= 4 is 5.95 Å². The molecule has 6 nitrogen and oxygen atoms in total. The number of aryl methyl sites for hydroxylation is 2. The zero-order valence-corrected chi connectivity index (χ0v) is 12.0. The van der Waals surface area contributed by atoms with Gasteiger partial charge in [0.2, 0.25) is 5.95 Å². The van der Waals surface area contributed by atoms with Crippen molar-refractivity contribution in [1.82, 2.24) is 15.2 Å². The summed E-state index contributed by atoms with van der Waals surface area (Å²) in [5.41, 5.74) is 2.89. The molecule has 21 heavy (non-hydrogen) atoms. The van der Waals surface area contributed by atoms with Crippen LogP contribution in [0.25, 0.3) is 11.3 Å². The molecule has 0 amide bonds. The molecule has 2 aromatic rings. The van der Waals surface area contributed by atoms with Gasteiger partial charge >= 0.3 is 0 Å². The summed E-state index contributed by atoms with van der Waals surface area (Å²) in [7, 11) is 0. The van der Waals surface area contributed by atoms with E-state index in [2.05, 4.69) is 20.5 Å². The van der Waals surface area contributed by atoms with Crippen LogP contribution in [0.1, 0.15) is 24.1 Å². The number of nitrogens with one attached hydrogen (secondary N) is 1. The summed E-state index contributed by atoms with van der Waals surface area (Å²) in [5.74, 6) is 0.636. The number of nitrogens with zero attached hydrogens (tertiary/aromatic N) is 3. The molecule has 3 rings (SSSR count). The minimum Gasteiger partial charge on any atom is -0.507 e. The van der Waals surface area contributed by atoms with Crippen LogP contribution in [0, 0.1) is 13.8 Å². The monoisotopic (exact) mass is 286 g/mol. The van der Waals surface area contributed by atoms with E-state index in [1.54, 1.807) is 6.07 Å². The highest BCUT2D eigenvalue weighted by molar-refractivity contribution is 5.68. The van der Waals surface area contributed by atoms with Crippen LogP contribution in [0.5, 0.6) is 5.75 Å². The molecule has 1 saturated carbocycles. The zero-order chi connectivity index (χ0) is 15.0. The number of aromatic hydroxyl groups is 1. The van der Waals surface area contributed by atoms with Gasteiger partial charge in [-0.25, -0.2) is 4.98 Å². The normalized spacial score (nSPS) is 20.9. The molecule has 1 aromatic carbocycles. The maximum absolute atomic E-state index is 10.0. The van der Waals surface area contributed by atoms with E-state index in [4.69, 9.17) is 0 Å². The third kappa shape index (κ3) is 2.80. The van der Waals surface area contributed by atoms with E-state index in [9.17, 15) is 10.2 Å². The van der Waals surface area contributed by atoms with E-state index in [-0.39, 0.29) is 17.9 Å². The summed E-state index contributed by atoms with van der Waals surface area (Å²) in [5, 5.41) is 30.7. The van der Waals surface area contributed by atoms with Gasteiger partial charge in [0, 0.05) is 11.6 Å². The first-order valence-electron chi connectivity index (χ1n) is 6.99. The number of phenols is 1. The molecule has 1 aliphatic rings. The lowest BCUT2D eigenvalue weighted by Gasteiger charge is -2.31. The van der Waals surface area contributed by atoms with Crippen molar-refractivity contribution in [2.75, 3.05) is 5.32 Å². The van der Waals surface area contributed by atoms with Gasteiger partial charge in [-0.3, -0.25) is 0 Å². The summed E-state index contributed by atoms with van der Waals surface area (Å²) in [4.78, 5) is 4.38. The molecule has 0 bridgehead atoms. The van der Waals surface area contributed by atoms with Crippen LogP contribution in [0.15, 0.2) is 18.2 Å². The molecular formula is C15H18N4O2. The third-order valence-corrected chi connectivity index (χ3v) is 3.72. The van der Waals surface area contributed by atoms with Gasteiger partial charge in [0.25, 0.3) is 0 Å². The predicted molar refractivity (Wildman–Crippen MR) is 79.1 cm³/mol. The molecule has 6 heteroatoms. The minimum atomic E-state index is -0.222. The molecule has 0 radical (unpaired) electrons. The largest absolute Gasteiger partial charge is 0.507 e. The van der Waals surface area contributed by atoms with Crippen LogP contribution < -0.4 is 5.32 Å². The van der Waals surface area contributed by atoms with Gasteiger partial charge in [0.1, 0.15) is 11.4 Å². The molecule has 0 atom stereocenters. The van der Waals surface area contributed by atoms with Crippen LogP contribution in [-0.2, 0) is 0 Å². The number of aliphatic hydroxyl groups is 1. The number of rotatable bonds is 3. The van der Waals surface area contributed by atoms with E-state index >= 15 is 0 Å². The van der Waals surface area contributed by atoms with Crippen LogP contribution in [0.4, 0.5) is 5.95 Å². The van der Waals surface area contributed by atoms with E-state index < -0.39 is 0 Å². The molecule has 0 aliphatic heterocycles. The van der Waals surface area contributed by atoms with Crippen molar-refractivity contribution in [3.63, 3.8) is 0 Å². The Morgan fingerprint density at radius 2 is 1.95 bits per heavy atom. The van der Waals surface area contributed by atoms with E-state index in [1.807, 2.05) is 26.0 Å². The molecule has 1 fully saturated rings. The summed E-state index contributed by atoms with van der Waals surface area (Å²) in [6, 6.07) is 5.63. The Kier molecular flexibility index (Phi) is 3.47. The fourth-order valence-electron chi connectivity index (χ4n) is 2.44. The second-order valence-electron chi connectivity index (χ2n) is 5.56. The van der Waals surface area contributed by atoms with E-state index in [0.717, 1.165) is 5.56 Å². The van der Waals surface area contributed by atoms with Crippen molar-refractivity contribution < 1.29 is 10.2 Å². The number of benzene rings is 1. The van der Waals surface area contributed by atoms with Crippen molar-refractivity contribution in [2.45, 2.75) is 38.8 Å². The minimum absolute atomic E-state index is 0.178. The lowest BCUT2D eigenvalue weighted by Crippen LogP contribution is -2.39. The Hall–Kier alpha value is -2.21. The number of aromatic nitrogens is 3. The SMILES string of the molecule is Cc1ccc(-c2nnc(NC3CC(O)C3)nc2C)c(O)c1. The van der Waals surface area contributed by atoms with Crippen LogP contribution >= 0.6 is 0 Å². The maximum atomic E-state index is 10.0. The Morgan fingerprint density at radius 3 is 2.57 bits per heavy atom. The highest BCUT2D eigenvalue weighted by atomic mass is 16.3. The molecule has 0 unspecified atom stereocenters. The first-order chi connectivity index (χ1) is 10.0. The van der Waals surface area contributed by atoms with Crippen LogP contribution in [-0.4, -0.2) is 37.5 Å². The first kappa shape index (κ1) is 13.8. The Morgan fingerprint density at radius 1 is 1.19 bits per heavy atom. The number of anilines is 1. The highest BCUT2D eigenvalue weighted by Crippen LogP contribution is 2.30. The second-order valence-corrected chi connectivity index (χ2v) is 5.56. The lowest BCUT2D eigenvalue weighted by atomic mass is 9.90. The molecule has 1 aromatic heterocycles. The molecule has 0 saturated heterocycles. The molecule has 0 spiro atoms. The third-order valence-electron chi connectivity index (χ3n) is 3.72. The fourth-order valence-corrected chi connectivity index (χ4v) is 2.44. The summed E-state index contributed by atoms with van der Waals surface area (Å²) >= 11 is 0. The average molecular weight is 286 g/mol. The van der Waals surface area contributed by atoms with Crippen molar-refractivity contribution in [2.24, 2.45) is 0 Å². The predicted octanol–water partition coefficient (Wildman–Crippen LogP) is 1.80. The van der Waals surface area contributed by atoms with Crippen LogP contribution in [0.3, 0.4) is 0 Å². The summed E-state index contributed by atoms with van der Waals surface area (Å²) in [6.07, 6.45) is 1.20. The fraction of sp³-hybridized carbons (Fsp3) is 0.400. The van der Waals surface area contributed by atoms with E-state index in [1.165, 1.54) is 0 Å². The summed E-state index contributed by atoms with van der Waals surface area (Å²) < 4.78 is 0. The van der Waals surface area contributed by atoms with Crippen molar-refractivity contribution in [3.05, 3.63) is 29.5 Å². The number of aliphatic hydroxyl groups excluding tert-OH is 1. The van der Waals surface area contributed by atoms with Gasteiger partial charge in [-0.1, -0.05) is 6.07 Å². The van der Waals surface area contributed by atoms with Gasteiger partial charge in [-0.15, -0.1) is 10.2 Å². The first-order valence-corrected chi connectivity index (χ1v) is 6.99. The molecule has 110 valence electrons. The van der Waals surface area contributed by atoms with E-state index in [0.29, 0.717) is 35.7 Å². The summed E-state index contributed by atoms with van der Waals surface area (Å²) in [6.45, 7) is 3.75. The molecule has 1 aliphatic carbocycles. The Labute approximate surface area is 122 Å². The zero-order valence-electron chi connectivity index (χ0n) is 12.0. The lowest BCUT2D eigenvalue weighted by molar-refractivity contribution is 0.0833. The standard InChI is InChI=1S/C15H18N4O2/c1-8-3-4-12(13(21)5-8)14-9(2)16-15(19-18-14)17-10-6-11(20)7-10/h3-5,10-11,20-21H,6-7H2,1-2H3,(H,16,17,19). The van der Waals surface area contributed by atoms with Gasteiger partial charge in [-0.2, -0.15) is 0 Å². The smallest absolute Gasteiger partial charge is 0.243 e. The maximum Gasteiger partial charge on any atom is 0.243 e. The van der Waals surface area contributed by atoms with Gasteiger partial charge in [-0.05, 0) is 44.4 Å². The number of phenolic OH excluding ortho intramolecular Hbond substituents is 1. The quantitative estimate of drug-likeness (QED) is 0.797.